The number of para-hydroxylation sites is 1. The zero-order valence-electron chi connectivity index (χ0n) is 18.7. The first kappa shape index (κ1) is 21.5. The number of anilines is 4. The summed E-state index contributed by atoms with van der Waals surface area (Å²) in [5.41, 5.74) is 3.38. The number of piperazine rings is 1. The summed E-state index contributed by atoms with van der Waals surface area (Å²) in [5.74, 6) is 1.92. The Kier molecular flexibility index (Phi) is 6.16. The summed E-state index contributed by atoms with van der Waals surface area (Å²) >= 11 is 0. The Bertz CT molecular complexity index is 1090. The van der Waals surface area contributed by atoms with E-state index < -0.39 is 5.97 Å². The van der Waals surface area contributed by atoms with Crippen LogP contribution >= 0.6 is 0 Å². The molecule has 0 amide bonds. The standard InChI is InChI=1S/C23H27N7O2/c1-15-14-29(10-11-30(15)20-13-24-19(12-25-20)23(31)32-4)22-17(3)16(2)21(27-28-22)26-18-8-6-5-7-9-18/h5-9,12-13,15H,10-11,14H2,1-4H3,(H,26,27). The van der Waals surface area contributed by atoms with E-state index in [1.165, 1.54) is 13.3 Å². The molecule has 1 aliphatic heterocycles. The first-order chi connectivity index (χ1) is 15.5. The van der Waals surface area contributed by atoms with E-state index in [1.54, 1.807) is 6.20 Å². The summed E-state index contributed by atoms with van der Waals surface area (Å²) in [6.45, 7) is 8.62. The SMILES string of the molecule is COC(=O)c1cnc(N2CCN(c3nnc(Nc4ccccc4)c(C)c3C)CC2C)cn1. The molecule has 0 radical (unpaired) electrons. The van der Waals surface area contributed by atoms with Crippen LogP contribution < -0.4 is 15.1 Å². The minimum absolute atomic E-state index is 0.186. The average molecular weight is 434 g/mol. The largest absolute Gasteiger partial charge is 0.464 e. The van der Waals surface area contributed by atoms with Crippen molar-refractivity contribution in [3.63, 3.8) is 0 Å². The third kappa shape index (κ3) is 4.32. The summed E-state index contributed by atoms with van der Waals surface area (Å²) in [4.78, 5) is 24.6. The number of carbonyl (C=O) groups is 1. The highest BCUT2D eigenvalue weighted by Crippen LogP contribution is 2.28. The zero-order valence-corrected chi connectivity index (χ0v) is 18.7. The highest BCUT2D eigenvalue weighted by Gasteiger charge is 2.27. The van der Waals surface area contributed by atoms with Crippen molar-refractivity contribution < 1.29 is 9.53 Å². The molecule has 0 aliphatic carbocycles. The Hall–Kier alpha value is -3.75. The van der Waals surface area contributed by atoms with E-state index in [0.29, 0.717) is 0 Å². The zero-order chi connectivity index (χ0) is 22.7. The summed E-state index contributed by atoms with van der Waals surface area (Å²) < 4.78 is 4.69. The normalized spacial score (nSPS) is 16.1. The van der Waals surface area contributed by atoms with Crippen molar-refractivity contribution in [2.75, 3.05) is 41.9 Å². The number of esters is 1. The number of nitrogens with one attached hydrogen (secondary N) is 1. The van der Waals surface area contributed by atoms with Crippen molar-refractivity contribution in [3.05, 3.63) is 59.5 Å². The highest BCUT2D eigenvalue weighted by atomic mass is 16.5. The van der Waals surface area contributed by atoms with Gasteiger partial charge in [0.05, 0.1) is 19.5 Å². The third-order valence-corrected chi connectivity index (χ3v) is 5.79. The van der Waals surface area contributed by atoms with Crippen molar-refractivity contribution in [2.24, 2.45) is 0 Å². The van der Waals surface area contributed by atoms with E-state index in [-0.39, 0.29) is 11.7 Å². The van der Waals surface area contributed by atoms with Crippen LogP contribution in [-0.4, -0.2) is 58.9 Å². The summed E-state index contributed by atoms with van der Waals surface area (Å²) in [6.07, 6.45) is 3.08. The molecule has 1 N–H and O–H groups in total. The van der Waals surface area contributed by atoms with Crippen molar-refractivity contribution in [1.29, 1.82) is 0 Å². The Balaban J connectivity index is 1.47. The van der Waals surface area contributed by atoms with Gasteiger partial charge in [0, 0.05) is 42.5 Å². The number of hydrogen-bond acceptors (Lipinski definition) is 9. The summed E-state index contributed by atoms with van der Waals surface area (Å²) in [5, 5.41) is 12.4. The number of methoxy groups -OCH3 is 1. The topological polar surface area (TPSA) is 96.4 Å². The second-order valence-electron chi connectivity index (χ2n) is 7.85. The van der Waals surface area contributed by atoms with Gasteiger partial charge >= 0.3 is 5.97 Å². The van der Waals surface area contributed by atoms with Crippen LogP contribution in [0.4, 0.5) is 23.1 Å². The van der Waals surface area contributed by atoms with Crippen LogP contribution in [-0.2, 0) is 4.74 Å². The van der Waals surface area contributed by atoms with E-state index in [0.717, 1.165) is 53.9 Å². The Labute approximate surface area is 187 Å². The van der Waals surface area contributed by atoms with Gasteiger partial charge in [-0.25, -0.2) is 14.8 Å². The fraction of sp³-hybridized carbons (Fsp3) is 0.348. The van der Waals surface area contributed by atoms with Crippen molar-refractivity contribution in [2.45, 2.75) is 26.8 Å². The monoisotopic (exact) mass is 433 g/mol. The second-order valence-corrected chi connectivity index (χ2v) is 7.85. The predicted octanol–water partition coefficient (Wildman–Crippen LogP) is 3.13. The van der Waals surface area contributed by atoms with E-state index in [9.17, 15) is 4.79 Å². The maximum Gasteiger partial charge on any atom is 0.358 e. The van der Waals surface area contributed by atoms with Gasteiger partial charge in [-0.15, -0.1) is 10.2 Å². The molecule has 3 aromatic rings. The minimum Gasteiger partial charge on any atom is -0.464 e. The Morgan fingerprint density at radius 3 is 2.50 bits per heavy atom. The molecule has 9 heteroatoms. The number of carbonyl (C=O) groups excluding carboxylic acids is 1. The van der Waals surface area contributed by atoms with E-state index in [1.807, 2.05) is 30.3 Å². The van der Waals surface area contributed by atoms with E-state index in [2.05, 4.69) is 60.8 Å². The lowest BCUT2D eigenvalue weighted by Crippen LogP contribution is -2.53. The van der Waals surface area contributed by atoms with Gasteiger partial charge in [0.2, 0.25) is 0 Å². The molecule has 1 saturated heterocycles. The van der Waals surface area contributed by atoms with Crippen LogP contribution in [0.1, 0.15) is 28.5 Å². The molecule has 9 nitrogen and oxygen atoms in total. The quantitative estimate of drug-likeness (QED) is 0.609. The molecule has 4 rings (SSSR count). The second kappa shape index (κ2) is 9.17. The fourth-order valence-corrected chi connectivity index (χ4v) is 3.84. The number of hydrogen-bond donors (Lipinski definition) is 1. The molecule has 0 spiro atoms. The van der Waals surface area contributed by atoms with Gasteiger partial charge in [0.1, 0.15) is 5.82 Å². The molecular formula is C23H27N7O2. The third-order valence-electron chi connectivity index (χ3n) is 5.79. The molecule has 1 aliphatic rings. The molecule has 1 fully saturated rings. The maximum atomic E-state index is 11.6. The lowest BCUT2D eigenvalue weighted by atomic mass is 10.1. The van der Waals surface area contributed by atoms with Gasteiger partial charge in [-0.2, -0.15) is 0 Å². The van der Waals surface area contributed by atoms with Crippen LogP contribution in [0.15, 0.2) is 42.7 Å². The first-order valence-corrected chi connectivity index (χ1v) is 10.6. The molecule has 0 bridgehead atoms. The molecular weight excluding hydrogens is 406 g/mol. The molecule has 1 aromatic carbocycles. The molecule has 32 heavy (non-hydrogen) atoms. The highest BCUT2D eigenvalue weighted by molar-refractivity contribution is 5.86. The van der Waals surface area contributed by atoms with Crippen LogP contribution in [0.25, 0.3) is 0 Å². The van der Waals surface area contributed by atoms with Gasteiger partial charge in [0.25, 0.3) is 0 Å². The average Bonchev–Trinajstić information content (AvgIpc) is 2.82. The van der Waals surface area contributed by atoms with Gasteiger partial charge in [-0.1, -0.05) is 18.2 Å². The van der Waals surface area contributed by atoms with Gasteiger partial charge in [0.15, 0.2) is 17.3 Å². The number of benzene rings is 1. The molecule has 166 valence electrons. The molecule has 2 aromatic heterocycles. The van der Waals surface area contributed by atoms with E-state index >= 15 is 0 Å². The number of ether oxygens (including phenoxy) is 1. The molecule has 0 saturated carbocycles. The van der Waals surface area contributed by atoms with E-state index in [4.69, 9.17) is 0 Å². The van der Waals surface area contributed by atoms with Gasteiger partial charge in [-0.3, -0.25) is 0 Å². The summed E-state index contributed by atoms with van der Waals surface area (Å²) in [6, 6.07) is 10.2. The number of rotatable bonds is 5. The number of nitrogens with zero attached hydrogens (tertiary/aromatic N) is 6. The van der Waals surface area contributed by atoms with Crippen LogP contribution in [0, 0.1) is 13.8 Å². The van der Waals surface area contributed by atoms with Crippen molar-refractivity contribution in [1.82, 2.24) is 20.2 Å². The number of aromatic nitrogens is 4. The van der Waals surface area contributed by atoms with Crippen LogP contribution in [0.3, 0.4) is 0 Å². The fourth-order valence-electron chi connectivity index (χ4n) is 3.84. The van der Waals surface area contributed by atoms with Crippen molar-refractivity contribution in [3.8, 4) is 0 Å². The first-order valence-electron chi connectivity index (χ1n) is 10.6. The summed E-state index contributed by atoms with van der Waals surface area (Å²) in [7, 11) is 1.33. The van der Waals surface area contributed by atoms with Crippen LogP contribution in [0.2, 0.25) is 0 Å². The smallest absolute Gasteiger partial charge is 0.358 e. The predicted molar refractivity (Wildman–Crippen MR) is 124 cm³/mol. The lowest BCUT2D eigenvalue weighted by molar-refractivity contribution is 0.0593. The molecule has 1 atom stereocenters. The van der Waals surface area contributed by atoms with Gasteiger partial charge < -0.3 is 19.9 Å². The lowest BCUT2D eigenvalue weighted by Gasteiger charge is -2.41. The van der Waals surface area contributed by atoms with Gasteiger partial charge in [-0.05, 0) is 32.9 Å². The maximum absolute atomic E-state index is 11.6. The van der Waals surface area contributed by atoms with Crippen molar-refractivity contribution >= 4 is 29.1 Å². The minimum atomic E-state index is -0.489. The Morgan fingerprint density at radius 2 is 1.84 bits per heavy atom. The Morgan fingerprint density at radius 1 is 1.06 bits per heavy atom. The van der Waals surface area contributed by atoms with Crippen LogP contribution in [0.5, 0.6) is 0 Å². The molecule has 3 heterocycles. The molecule has 1 unspecified atom stereocenters.